The summed E-state index contributed by atoms with van der Waals surface area (Å²) in [4.78, 5) is 0. The molecule has 2 heteroatoms. The molecule has 1 aliphatic heterocycles. The summed E-state index contributed by atoms with van der Waals surface area (Å²) in [6.45, 7) is 8.68. The summed E-state index contributed by atoms with van der Waals surface area (Å²) >= 11 is 0. The average Bonchev–Trinajstić information content (AvgIpc) is 2.67. The van der Waals surface area contributed by atoms with Gasteiger partial charge in [0.15, 0.2) is 0 Å². The fraction of sp³-hybridized carbons (Fsp3) is 0.214. The zero-order chi connectivity index (χ0) is 21.0. The standard InChI is InChI=1S/C28H26FN/c1-17-6-5-7-19(12-17)13-21-14-20-8-9-22(29)15-24(20)23-10-11-25-26(27(21)23)18(2)16-28(3,4)30-25/h5-13,15-16,30H,14H2,1-4H3/b21-13+. The molecule has 30 heavy (non-hydrogen) atoms. The third-order valence-corrected chi connectivity index (χ3v) is 6.08. The van der Waals surface area contributed by atoms with E-state index in [0.717, 1.165) is 23.2 Å². The predicted octanol–water partition coefficient (Wildman–Crippen LogP) is 7.51. The molecule has 1 heterocycles. The number of rotatable bonds is 1. The van der Waals surface area contributed by atoms with Gasteiger partial charge >= 0.3 is 0 Å². The van der Waals surface area contributed by atoms with E-state index in [1.165, 1.54) is 39.0 Å². The van der Waals surface area contributed by atoms with E-state index in [1.54, 1.807) is 12.1 Å². The maximum absolute atomic E-state index is 14.2. The van der Waals surface area contributed by atoms with Crippen LogP contribution in [0.1, 0.15) is 48.6 Å². The van der Waals surface area contributed by atoms with Crippen LogP contribution in [0.15, 0.2) is 60.7 Å². The second-order valence-electron chi connectivity index (χ2n) is 9.15. The summed E-state index contributed by atoms with van der Waals surface area (Å²) in [5, 5.41) is 3.67. The fourth-order valence-electron chi connectivity index (χ4n) is 5.00. The van der Waals surface area contributed by atoms with Gasteiger partial charge in [0.05, 0.1) is 5.54 Å². The molecule has 3 aromatic rings. The van der Waals surface area contributed by atoms with Crippen molar-refractivity contribution in [2.24, 2.45) is 0 Å². The SMILES string of the molecule is CC1=CC(C)(C)Nc2ccc3c(c21)/C(=C/c1cccc(C)c1)Cc1ccc(F)cc1-3. The van der Waals surface area contributed by atoms with Gasteiger partial charge < -0.3 is 5.32 Å². The molecule has 0 aromatic heterocycles. The third-order valence-electron chi connectivity index (χ3n) is 6.08. The van der Waals surface area contributed by atoms with E-state index in [1.807, 2.05) is 6.07 Å². The number of halogens is 1. The quantitative estimate of drug-likeness (QED) is 0.450. The molecule has 0 atom stereocenters. The fourth-order valence-corrected chi connectivity index (χ4v) is 5.00. The van der Waals surface area contributed by atoms with Gasteiger partial charge in [-0.05, 0) is 91.3 Å². The van der Waals surface area contributed by atoms with E-state index in [-0.39, 0.29) is 11.4 Å². The molecule has 3 aromatic carbocycles. The van der Waals surface area contributed by atoms with Gasteiger partial charge in [-0.2, -0.15) is 0 Å². The average molecular weight is 396 g/mol. The Morgan fingerprint density at radius 2 is 1.77 bits per heavy atom. The van der Waals surface area contributed by atoms with E-state index in [9.17, 15) is 4.39 Å². The summed E-state index contributed by atoms with van der Waals surface area (Å²) < 4.78 is 14.2. The molecule has 0 saturated heterocycles. The van der Waals surface area contributed by atoms with Gasteiger partial charge in [-0.15, -0.1) is 0 Å². The minimum absolute atomic E-state index is 0.0928. The van der Waals surface area contributed by atoms with Gasteiger partial charge in [0.2, 0.25) is 0 Å². The number of benzene rings is 3. The minimum Gasteiger partial charge on any atom is -0.376 e. The molecule has 0 amide bonds. The van der Waals surface area contributed by atoms with Crippen LogP contribution in [-0.2, 0) is 6.42 Å². The van der Waals surface area contributed by atoms with Crippen molar-refractivity contribution in [2.45, 2.75) is 39.7 Å². The molecule has 1 aliphatic carbocycles. The lowest BCUT2D eigenvalue weighted by Gasteiger charge is -2.35. The van der Waals surface area contributed by atoms with Gasteiger partial charge in [-0.3, -0.25) is 0 Å². The molecule has 0 fully saturated rings. The second kappa shape index (κ2) is 6.70. The Balaban J connectivity index is 1.81. The number of aryl methyl sites for hydroxylation is 1. The largest absolute Gasteiger partial charge is 0.376 e. The Kier molecular flexibility index (Phi) is 4.21. The molecule has 1 N–H and O–H groups in total. The number of hydrogen-bond acceptors (Lipinski definition) is 1. The highest BCUT2D eigenvalue weighted by Crippen LogP contribution is 2.48. The lowest BCUT2D eigenvalue weighted by atomic mass is 9.76. The molecular weight excluding hydrogens is 369 g/mol. The van der Waals surface area contributed by atoms with E-state index in [0.29, 0.717) is 0 Å². The lowest BCUT2D eigenvalue weighted by molar-refractivity contribution is 0.627. The molecule has 0 saturated carbocycles. The minimum atomic E-state index is -0.185. The molecule has 0 bridgehead atoms. The topological polar surface area (TPSA) is 12.0 Å². The smallest absolute Gasteiger partial charge is 0.123 e. The number of nitrogens with one attached hydrogen (secondary N) is 1. The van der Waals surface area contributed by atoms with Crippen molar-refractivity contribution >= 4 is 22.9 Å². The summed E-state index contributed by atoms with van der Waals surface area (Å²) in [7, 11) is 0. The van der Waals surface area contributed by atoms with E-state index >= 15 is 0 Å². The van der Waals surface area contributed by atoms with E-state index in [2.05, 4.69) is 81.6 Å². The first-order chi connectivity index (χ1) is 14.3. The zero-order valence-electron chi connectivity index (χ0n) is 17.9. The van der Waals surface area contributed by atoms with Crippen molar-refractivity contribution in [3.8, 4) is 11.1 Å². The summed E-state index contributed by atoms with van der Waals surface area (Å²) in [6, 6.07) is 18.1. The highest BCUT2D eigenvalue weighted by molar-refractivity contribution is 6.02. The third kappa shape index (κ3) is 3.17. The van der Waals surface area contributed by atoms with Crippen molar-refractivity contribution in [2.75, 3.05) is 5.32 Å². The molecule has 1 nitrogen and oxygen atoms in total. The van der Waals surface area contributed by atoms with Crippen LogP contribution in [0.2, 0.25) is 0 Å². The maximum Gasteiger partial charge on any atom is 0.123 e. The maximum atomic E-state index is 14.2. The van der Waals surface area contributed by atoms with Crippen LogP contribution in [-0.4, -0.2) is 5.54 Å². The highest BCUT2D eigenvalue weighted by Gasteiger charge is 2.30. The summed E-state index contributed by atoms with van der Waals surface area (Å²) in [5.74, 6) is -0.185. The van der Waals surface area contributed by atoms with Crippen LogP contribution in [0.5, 0.6) is 0 Å². The van der Waals surface area contributed by atoms with Crippen molar-refractivity contribution in [3.05, 3.63) is 94.3 Å². The first-order valence-electron chi connectivity index (χ1n) is 10.5. The van der Waals surface area contributed by atoms with Crippen LogP contribution in [0, 0.1) is 12.7 Å². The number of allylic oxidation sites excluding steroid dienone is 2. The van der Waals surface area contributed by atoms with Gasteiger partial charge in [0, 0.05) is 11.3 Å². The summed E-state index contributed by atoms with van der Waals surface area (Å²) in [5.41, 5.74) is 11.8. The van der Waals surface area contributed by atoms with Crippen LogP contribution in [0.3, 0.4) is 0 Å². The molecule has 2 aliphatic rings. The predicted molar refractivity (Wildman–Crippen MR) is 126 cm³/mol. The number of fused-ring (bicyclic) bond motifs is 5. The van der Waals surface area contributed by atoms with Crippen LogP contribution in [0.25, 0.3) is 28.3 Å². The first kappa shape index (κ1) is 18.9. The summed E-state index contributed by atoms with van der Waals surface area (Å²) in [6.07, 6.45) is 5.39. The van der Waals surface area contributed by atoms with Crippen molar-refractivity contribution in [1.82, 2.24) is 0 Å². The molecule has 0 radical (unpaired) electrons. The zero-order valence-corrected chi connectivity index (χ0v) is 17.9. The first-order valence-corrected chi connectivity index (χ1v) is 10.5. The van der Waals surface area contributed by atoms with Gasteiger partial charge in [0.1, 0.15) is 5.82 Å². The van der Waals surface area contributed by atoms with E-state index in [4.69, 9.17) is 0 Å². The van der Waals surface area contributed by atoms with Gasteiger partial charge in [-0.25, -0.2) is 4.39 Å². The Hall–Kier alpha value is -3.13. The Morgan fingerprint density at radius 3 is 2.57 bits per heavy atom. The van der Waals surface area contributed by atoms with Gasteiger partial charge in [0.25, 0.3) is 0 Å². The second-order valence-corrected chi connectivity index (χ2v) is 9.15. The molecule has 0 unspecified atom stereocenters. The molecular formula is C28H26FN. The Bertz CT molecular complexity index is 1240. The Labute approximate surface area is 178 Å². The lowest BCUT2D eigenvalue weighted by Crippen LogP contribution is -2.32. The van der Waals surface area contributed by atoms with E-state index < -0.39 is 0 Å². The van der Waals surface area contributed by atoms with Crippen LogP contribution < -0.4 is 5.32 Å². The molecule has 5 rings (SSSR count). The Morgan fingerprint density at radius 1 is 0.933 bits per heavy atom. The normalized spacial score (nSPS) is 17.5. The van der Waals surface area contributed by atoms with Crippen LogP contribution >= 0.6 is 0 Å². The van der Waals surface area contributed by atoms with Crippen molar-refractivity contribution < 1.29 is 4.39 Å². The monoisotopic (exact) mass is 395 g/mol. The van der Waals surface area contributed by atoms with Crippen molar-refractivity contribution in [1.29, 1.82) is 0 Å². The van der Waals surface area contributed by atoms with Crippen molar-refractivity contribution in [3.63, 3.8) is 0 Å². The molecule has 0 spiro atoms. The molecule has 150 valence electrons. The van der Waals surface area contributed by atoms with Crippen LogP contribution in [0.4, 0.5) is 10.1 Å². The number of hydrogen-bond donors (Lipinski definition) is 1. The van der Waals surface area contributed by atoms with Gasteiger partial charge in [-0.1, -0.05) is 54.1 Å². The highest BCUT2D eigenvalue weighted by atomic mass is 19.1. The number of anilines is 1.